The molecule has 1 saturated heterocycles. The molecule has 1 fully saturated rings. The SMILES string of the molecule is C=Cc1ccc(CCCCCC[N+]2(C)CCCCC2)cc1.[Br-]. The third-order valence-electron chi connectivity index (χ3n) is 5.02. The number of hydrogen-bond donors (Lipinski definition) is 0. The summed E-state index contributed by atoms with van der Waals surface area (Å²) in [5, 5.41) is 0. The summed E-state index contributed by atoms with van der Waals surface area (Å²) in [6.45, 7) is 8.02. The first-order valence-electron chi connectivity index (χ1n) is 8.77. The second kappa shape index (κ2) is 10.2. The number of nitrogens with zero attached hydrogens (tertiary/aromatic N) is 1. The standard InChI is InChI=1S/C20H32N.BrH/c1-3-19-12-14-20(15-13-19)11-7-4-5-8-16-21(2)17-9-6-10-18-21;/h3,12-15H,1,4-11,16-18H2,2H3;1H/q+1;/p-1. The Labute approximate surface area is 147 Å². The van der Waals surface area contributed by atoms with Gasteiger partial charge in [0, 0.05) is 0 Å². The maximum absolute atomic E-state index is 3.80. The molecular weight excluding hydrogens is 334 g/mol. The molecule has 0 atom stereocenters. The Morgan fingerprint density at radius 1 is 0.955 bits per heavy atom. The highest BCUT2D eigenvalue weighted by Crippen LogP contribution is 2.18. The predicted molar refractivity (Wildman–Crippen MR) is 93.3 cm³/mol. The second-order valence-electron chi connectivity index (χ2n) is 6.96. The lowest BCUT2D eigenvalue weighted by molar-refractivity contribution is -0.914. The first-order chi connectivity index (χ1) is 10.2. The smallest absolute Gasteiger partial charge is 0.0784 e. The van der Waals surface area contributed by atoms with Gasteiger partial charge in [-0.2, -0.15) is 0 Å². The molecule has 2 heteroatoms. The Morgan fingerprint density at radius 3 is 2.23 bits per heavy atom. The van der Waals surface area contributed by atoms with Gasteiger partial charge in [-0.3, -0.25) is 0 Å². The van der Waals surface area contributed by atoms with Crippen molar-refractivity contribution in [1.29, 1.82) is 0 Å². The van der Waals surface area contributed by atoms with Crippen LogP contribution in [0.1, 0.15) is 56.1 Å². The van der Waals surface area contributed by atoms with E-state index >= 15 is 0 Å². The van der Waals surface area contributed by atoms with Gasteiger partial charge in [-0.25, -0.2) is 0 Å². The summed E-state index contributed by atoms with van der Waals surface area (Å²) >= 11 is 0. The van der Waals surface area contributed by atoms with E-state index in [4.69, 9.17) is 0 Å². The Bertz CT molecular complexity index is 418. The van der Waals surface area contributed by atoms with E-state index in [2.05, 4.69) is 37.9 Å². The molecule has 124 valence electrons. The molecule has 0 unspecified atom stereocenters. The lowest BCUT2D eigenvalue weighted by atomic mass is 10.0. The van der Waals surface area contributed by atoms with Crippen LogP contribution in [0.5, 0.6) is 0 Å². The van der Waals surface area contributed by atoms with Gasteiger partial charge in [-0.1, -0.05) is 43.3 Å². The van der Waals surface area contributed by atoms with Crippen LogP contribution in [-0.2, 0) is 6.42 Å². The number of benzene rings is 1. The number of quaternary nitrogens is 1. The summed E-state index contributed by atoms with van der Waals surface area (Å²) in [7, 11) is 2.46. The van der Waals surface area contributed by atoms with Gasteiger partial charge in [0.1, 0.15) is 0 Å². The van der Waals surface area contributed by atoms with E-state index in [9.17, 15) is 0 Å². The van der Waals surface area contributed by atoms with Crippen LogP contribution < -0.4 is 17.0 Å². The van der Waals surface area contributed by atoms with Crippen LogP contribution in [0.3, 0.4) is 0 Å². The molecule has 0 aromatic heterocycles. The van der Waals surface area contributed by atoms with Crippen LogP contribution in [-0.4, -0.2) is 31.2 Å². The third kappa shape index (κ3) is 6.66. The van der Waals surface area contributed by atoms with Crippen molar-refractivity contribution in [3.8, 4) is 0 Å². The molecule has 1 aliphatic heterocycles. The number of aryl methyl sites for hydroxylation is 1. The molecular formula is C20H32BrN. The van der Waals surface area contributed by atoms with Crippen LogP contribution in [0, 0.1) is 0 Å². The first-order valence-corrected chi connectivity index (χ1v) is 8.77. The fourth-order valence-electron chi connectivity index (χ4n) is 3.50. The molecule has 1 aromatic carbocycles. The number of hydrogen-bond acceptors (Lipinski definition) is 0. The average molecular weight is 366 g/mol. The second-order valence-corrected chi connectivity index (χ2v) is 6.96. The van der Waals surface area contributed by atoms with Crippen LogP contribution in [0.4, 0.5) is 0 Å². The zero-order valence-electron chi connectivity index (χ0n) is 14.2. The molecule has 1 nitrogen and oxygen atoms in total. The summed E-state index contributed by atoms with van der Waals surface area (Å²) in [6.07, 6.45) is 13.0. The van der Waals surface area contributed by atoms with E-state index in [1.807, 2.05) is 6.08 Å². The zero-order chi connectivity index (χ0) is 15.0. The van der Waals surface area contributed by atoms with Crippen molar-refractivity contribution in [3.05, 3.63) is 42.0 Å². The summed E-state index contributed by atoms with van der Waals surface area (Å²) in [5.41, 5.74) is 2.69. The minimum absolute atomic E-state index is 0. The molecule has 0 amide bonds. The van der Waals surface area contributed by atoms with E-state index in [1.54, 1.807) is 0 Å². The Balaban J connectivity index is 0.00000242. The van der Waals surface area contributed by atoms with Gasteiger partial charge in [0.05, 0.1) is 26.7 Å². The van der Waals surface area contributed by atoms with Crippen LogP contribution in [0.15, 0.2) is 30.8 Å². The van der Waals surface area contributed by atoms with Gasteiger partial charge in [0.15, 0.2) is 0 Å². The average Bonchev–Trinajstić information content (AvgIpc) is 2.52. The highest BCUT2D eigenvalue weighted by atomic mass is 79.9. The van der Waals surface area contributed by atoms with E-state index < -0.39 is 0 Å². The van der Waals surface area contributed by atoms with E-state index in [0.717, 1.165) is 0 Å². The number of halogens is 1. The Kier molecular flexibility index (Phi) is 9.04. The van der Waals surface area contributed by atoms with E-state index in [0.29, 0.717) is 0 Å². The number of unbranched alkanes of at least 4 members (excludes halogenated alkanes) is 3. The molecule has 0 N–H and O–H groups in total. The normalized spacial score (nSPS) is 16.8. The van der Waals surface area contributed by atoms with Crippen molar-refractivity contribution in [2.45, 2.75) is 51.4 Å². The van der Waals surface area contributed by atoms with E-state index in [1.165, 1.54) is 86.6 Å². The topological polar surface area (TPSA) is 0 Å². The van der Waals surface area contributed by atoms with Crippen molar-refractivity contribution in [3.63, 3.8) is 0 Å². The highest BCUT2D eigenvalue weighted by Gasteiger charge is 2.23. The quantitative estimate of drug-likeness (QED) is 0.488. The van der Waals surface area contributed by atoms with Crippen LogP contribution in [0.25, 0.3) is 6.08 Å². The van der Waals surface area contributed by atoms with Crippen LogP contribution >= 0.6 is 0 Å². The molecule has 1 heterocycles. The Hall–Kier alpha value is -0.600. The minimum atomic E-state index is 0. The van der Waals surface area contributed by atoms with Crippen molar-refractivity contribution in [2.24, 2.45) is 0 Å². The van der Waals surface area contributed by atoms with Crippen molar-refractivity contribution in [2.75, 3.05) is 26.7 Å². The van der Waals surface area contributed by atoms with Crippen molar-refractivity contribution < 1.29 is 21.5 Å². The summed E-state index contributed by atoms with van der Waals surface area (Å²) < 4.78 is 1.34. The van der Waals surface area contributed by atoms with E-state index in [-0.39, 0.29) is 17.0 Å². The molecule has 1 aromatic rings. The van der Waals surface area contributed by atoms with Crippen LogP contribution in [0.2, 0.25) is 0 Å². The van der Waals surface area contributed by atoms with Gasteiger partial charge in [-0.05, 0) is 56.1 Å². The number of piperidine rings is 1. The maximum atomic E-state index is 3.80. The first kappa shape index (κ1) is 19.4. The Morgan fingerprint density at radius 2 is 1.59 bits per heavy atom. The zero-order valence-corrected chi connectivity index (χ0v) is 15.8. The summed E-state index contributed by atoms with van der Waals surface area (Å²) in [5.74, 6) is 0. The molecule has 0 radical (unpaired) electrons. The fraction of sp³-hybridized carbons (Fsp3) is 0.600. The molecule has 0 spiro atoms. The van der Waals surface area contributed by atoms with Gasteiger partial charge in [-0.15, -0.1) is 0 Å². The van der Waals surface area contributed by atoms with Gasteiger partial charge in [0.2, 0.25) is 0 Å². The molecule has 0 saturated carbocycles. The number of rotatable bonds is 8. The lowest BCUT2D eigenvalue weighted by Gasteiger charge is -2.37. The summed E-state index contributed by atoms with van der Waals surface area (Å²) in [6, 6.07) is 8.83. The van der Waals surface area contributed by atoms with Gasteiger partial charge >= 0.3 is 0 Å². The maximum Gasteiger partial charge on any atom is 0.0784 e. The minimum Gasteiger partial charge on any atom is -1.00 e. The fourth-order valence-corrected chi connectivity index (χ4v) is 3.50. The molecule has 22 heavy (non-hydrogen) atoms. The van der Waals surface area contributed by atoms with Crippen molar-refractivity contribution >= 4 is 6.08 Å². The third-order valence-corrected chi connectivity index (χ3v) is 5.02. The summed E-state index contributed by atoms with van der Waals surface area (Å²) in [4.78, 5) is 0. The predicted octanol–water partition coefficient (Wildman–Crippen LogP) is 2.07. The van der Waals surface area contributed by atoms with Gasteiger partial charge < -0.3 is 21.5 Å². The molecule has 0 aliphatic carbocycles. The van der Waals surface area contributed by atoms with Crippen molar-refractivity contribution in [1.82, 2.24) is 0 Å². The van der Waals surface area contributed by atoms with Gasteiger partial charge in [0.25, 0.3) is 0 Å². The number of likely N-dealkylation sites (tertiary alicyclic amines) is 1. The molecule has 2 rings (SSSR count). The molecule has 1 aliphatic rings. The largest absolute Gasteiger partial charge is 1.00 e. The highest BCUT2D eigenvalue weighted by molar-refractivity contribution is 5.47. The lowest BCUT2D eigenvalue weighted by Crippen LogP contribution is -3.00. The molecule has 0 bridgehead atoms. The monoisotopic (exact) mass is 365 g/mol.